The van der Waals surface area contributed by atoms with Crippen LogP contribution in [-0.2, 0) is 4.79 Å². The number of carbonyl (C=O) groups is 1. The molecule has 6 heteroatoms. The largest absolute Gasteiger partial charge is 0.483 e. The quantitative estimate of drug-likeness (QED) is 0.591. The molecule has 0 saturated carbocycles. The van der Waals surface area contributed by atoms with E-state index in [-0.39, 0.29) is 12.5 Å². The van der Waals surface area contributed by atoms with E-state index in [9.17, 15) is 4.79 Å². The highest BCUT2D eigenvalue weighted by Gasteiger charge is 2.13. The number of aryl methyl sites for hydroxylation is 2. The van der Waals surface area contributed by atoms with Crippen LogP contribution in [0, 0.1) is 20.8 Å². The van der Waals surface area contributed by atoms with Gasteiger partial charge in [0.05, 0.1) is 5.69 Å². The summed E-state index contributed by atoms with van der Waals surface area (Å²) >= 11 is 0. The molecule has 4 rings (SSSR count). The Morgan fingerprint density at radius 2 is 1.72 bits per heavy atom. The van der Waals surface area contributed by atoms with Crippen molar-refractivity contribution in [1.82, 2.24) is 10.2 Å². The van der Waals surface area contributed by atoms with Gasteiger partial charge >= 0.3 is 0 Å². The summed E-state index contributed by atoms with van der Waals surface area (Å²) in [6, 6.07) is 15.7. The lowest BCUT2D eigenvalue weighted by Gasteiger charge is -2.27. The number of amides is 1. The van der Waals surface area contributed by atoms with Crippen molar-refractivity contribution >= 4 is 17.4 Å². The standard InChI is InChI=1S/C26H30N4O2/c1-18-15-19(2)20(3)24(16-18)32-17-26(31)27-22-9-7-21(8-10-22)23-11-12-25(29-28-23)30-13-5-4-6-14-30/h7-12,15-16H,4-6,13-14,17H2,1-3H3,(H,27,31). The molecule has 1 aliphatic rings. The lowest BCUT2D eigenvalue weighted by molar-refractivity contribution is -0.118. The van der Waals surface area contributed by atoms with Crippen LogP contribution in [0.4, 0.5) is 11.5 Å². The number of aromatic nitrogens is 2. The Morgan fingerprint density at radius 3 is 2.41 bits per heavy atom. The second-order valence-corrected chi connectivity index (χ2v) is 8.44. The number of rotatable bonds is 6. The lowest BCUT2D eigenvalue weighted by Crippen LogP contribution is -2.30. The predicted molar refractivity (Wildman–Crippen MR) is 128 cm³/mol. The van der Waals surface area contributed by atoms with E-state index >= 15 is 0 Å². The molecule has 0 radical (unpaired) electrons. The molecule has 1 saturated heterocycles. The third-order valence-electron chi connectivity index (χ3n) is 5.92. The van der Waals surface area contributed by atoms with Crippen LogP contribution in [0.3, 0.4) is 0 Å². The molecule has 1 aliphatic heterocycles. The number of piperidine rings is 1. The number of hydrogen-bond acceptors (Lipinski definition) is 5. The predicted octanol–water partition coefficient (Wildman–Crippen LogP) is 5.08. The first-order chi connectivity index (χ1) is 15.5. The molecule has 0 atom stereocenters. The zero-order chi connectivity index (χ0) is 22.5. The van der Waals surface area contributed by atoms with Gasteiger partial charge in [-0.15, -0.1) is 10.2 Å². The molecule has 2 aromatic carbocycles. The molecule has 3 aromatic rings. The molecule has 1 aromatic heterocycles. The third-order valence-corrected chi connectivity index (χ3v) is 5.92. The van der Waals surface area contributed by atoms with Gasteiger partial charge in [0.1, 0.15) is 5.75 Å². The summed E-state index contributed by atoms with van der Waals surface area (Å²) in [5.74, 6) is 1.50. The first-order valence-corrected chi connectivity index (χ1v) is 11.2. The van der Waals surface area contributed by atoms with Gasteiger partial charge in [0.2, 0.25) is 0 Å². The molecule has 6 nitrogen and oxygen atoms in total. The maximum atomic E-state index is 12.3. The van der Waals surface area contributed by atoms with Gasteiger partial charge in [0.25, 0.3) is 5.91 Å². The Morgan fingerprint density at radius 1 is 0.969 bits per heavy atom. The highest BCUT2D eigenvalue weighted by Crippen LogP contribution is 2.24. The fourth-order valence-electron chi connectivity index (χ4n) is 3.99. The number of nitrogens with zero attached hydrogens (tertiary/aromatic N) is 3. The van der Waals surface area contributed by atoms with E-state index in [1.54, 1.807) is 0 Å². The molecule has 2 heterocycles. The second-order valence-electron chi connectivity index (χ2n) is 8.44. The summed E-state index contributed by atoms with van der Waals surface area (Å²) in [5.41, 5.74) is 5.83. The number of nitrogens with one attached hydrogen (secondary N) is 1. The molecule has 166 valence electrons. The molecule has 0 aliphatic carbocycles. The highest BCUT2D eigenvalue weighted by atomic mass is 16.5. The van der Waals surface area contributed by atoms with Crippen LogP contribution >= 0.6 is 0 Å². The average Bonchev–Trinajstić information content (AvgIpc) is 2.82. The third kappa shape index (κ3) is 5.25. The second kappa shape index (κ2) is 9.81. The molecular formula is C26H30N4O2. The molecule has 32 heavy (non-hydrogen) atoms. The van der Waals surface area contributed by atoms with Gasteiger partial charge in [0, 0.05) is 24.3 Å². The Balaban J connectivity index is 1.34. The highest BCUT2D eigenvalue weighted by molar-refractivity contribution is 5.92. The van der Waals surface area contributed by atoms with E-state index in [0.29, 0.717) is 0 Å². The van der Waals surface area contributed by atoms with Gasteiger partial charge in [-0.3, -0.25) is 4.79 Å². The van der Waals surface area contributed by atoms with Crippen molar-refractivity contribution in [2.45, 2.75) is 40.0 Å². The zero-order valence-corrected chi connectivity index (χ0v) is 19.0. The molecule has 0 unspecified atom stereocenters. The number of benzene rings is 2. The van der Waals surface area contributed by atoms with E-state index in [1.807, 2.05) is 63.2 Å². The molecule has 1 amide bonds. The average molecular weight is 431 g/mol. The number of hydrogen-bond donors (Lipinski definition) is 1. The van der Waals surface area contributed by atoms with Crippen molar-refractivity contribution in [3.05, 3.63) is 65.2 Å². The molecular weight excluding hydrogens is 400 g/mol. The van der Waals surface area contributed by atoms with Crippen molar-refractivity contribution in [3.8, 4) is 17.0 Å². The zero-order valence-electron chi connectivity index (χ0n) is 19.0. The van der Waals surface area contributed by atoms with E-state index < -0.39 is 0 Å². The van der Waals surface area contributed by atoms with Crippen LogP contribution in [0.2, 0.25) is 0 Å². The van der Waals surface area contributed by atoms with Gasteiger partial charge in [-0.2, -0.15) is 0 Å². The van der Waals surface area contributed by atoms with Gasteiger partial charge in [-0.25, -0.2) is 0 Å². The Kier molecular flexibility index (Phi) is 6.69. The van der Waals surface area contributed by atoms with Crippen molar-refractivity contribution in [2.24, 2.45) is 0 Å². The summed E-state index contributed by atoms with van der Waals surface area (Å²) in [6.07, 6.45) is 3.72. The SMILES string of the molecule is Cc1cc(C)c(C)c(OCC(=O)Nc2ccc(-c3ccc(N4CCCCC4)nn3)cc2)c1. The smallest absolute Gasteiger partial charge is 0.262 e. The van der Waals surface area contributed by atoms with Gasteiger partial charge in [0.15, 0.2) is 12.4 Å². The van der Waals surface area contributed by atoms with Crippen LogP contribution in [-0.4, -0.2) is 35.8 Å². The van der Waals surface area contributed by atoms with Gasteiger partial charge in [-0.05, 0) is 87.1 Å². The minimum Gasteiger partial charge on any atom is -0.483 e. The summed E-state index contributed by atoms with van der Waals surface area (Å²) in [5, 5.41) is 11.7. The Labute approximate surface area is 189 Å². The number of anilines is 2. The first kappa shape index (κ1) is 21.8. The fraction of sp³-hybridized carbons (Fsp3) is 0.346. The van der Waals surface area contributed by atoms with Crippen molar-refractivity contribution < 1.29 is 9.53 Å². The maximum Gasteiger partial charge on any atom is 0.262 e. The van der Waals surface area contributed by atoms with Crippen LogP contribution in [0.15, 0.2) is 48.5 Å². The van der Waals surface area contributed by atoms with E-state index in [4.69, 9.17) is 4.74 Å². The van der Waals surface area contributed by atoms with Crippen LogP contribution in [0.25, 0.3) is 11.3 Å². The first-order valence-electron chi connectivity index (χ1n) is 11.2. The Bertz CT molecular complexity index is 1070. The van der Waals surface area contributed by atoms with Crippen molar-refractivity contribution in [2.75, 3.05) is 29.9 Å². The van der Waals surface area contributed by atoms with E-state index in [2.05, 4.69) is 26.5 Å². The molecule has 1 fully saturated rings. The summed E-state index contributed by atoms with van der Waals surface area (Å²) in [4.78, 5) is 14.6. The summed E-state index contributed by atoms with van der Waals surface area (Å²) in [7, 11) is 0. The Hall–Kier alpha value is -3.41. The molecule has 1 N–H and O–H groups in total. The number of ether oxygens (including phenoxy) is 1. The number of carbonyl (C=O) groups excluding carboxylic acids is 1. The normalized spacial score (nSPS) is 13.7. The minimum atomic E-state index is -0.193. The van der Waals surface area contributed by atoms with E-state index in [1.165, 1.54) is 19.3 Å². The maximum absolute atomic E-state index is 12.3. The summed E-state index contributed by atoms with van der Waals surface area (Å²) in [6.45, 7) is 8.14. The van der Waals surface area contributed by atoms with Crippen LogP contribution < -0.4 is 15.0 Å². The van der Waals surface area contributed by atoms with Gasteiger partial charge < -0.3 is 15.0 Å². The molecule has 0 bridgehead atoms. The minimum absolute atomic E-state index is 0.0328. The van der Waals surface area contributed by atoms with Crippen LogP contribution in [0.1, 0.15) is 36.0 Å². The molecule has 0 spiro atoms. The summed E-state index contributed by atoms with van der Waals surface area (Å²) < 4.78 is 5.75. The lowest BCUT2D eigenvalue weighted by atomic mass is 10.1. The van der Waals surface area contributed by atoms with Gasteiger partial charge in [-0.1, -0.05) is 18.2 Å². The van der Waals surface area contributed by atoms with Crippen molar-refractivity contribution in [3.63, 3.8) is 0 Å². The van der Waals surface area contributed by atoms with Crippen LogP contribution in [0.5, 0.6) is 5.75 Å². The van der Waals surface area contributed by atoms with Crippen molar-refractivity contribution in [1.29, 1.82) is 0 Å². The fourth-order valence-corrected chi connectivity index (χ4v) is 3.99. The topological polar surface area (TPSA) is 67.3 Å². The monoisotopic (exact) mass is 430 g/mol. The van der Waals surface area contributed by atoms with E-state index in [0.717, 1.165) is 58.3 Å².